The number of phenols is 1. The molecule has 1 aliphatic rings. The lowest BCUT2D eigenvalue weighted by Gasteiger charge is -2.15. The molecule has 1 aliphatic heterocycles. The molecule has 3 rings (SSSR count). The van der Waals surface area contributed by atoms with Crippen LogP contribution in [0.5, 0.6) is 11.5 Å². The van der Waals surface area contributed by atoms with E-state index in [-0.39, 0.29) is 17.2 Å². The van der Waals surface area contributed by atoms with Gasteiger partial charge >= 0.3 is 0 Å². The van der Waals surface area contributed by atoms with E-state index in [4.69, 9.17) is 16.3 Å². The summed E-state index contributed by atoms with van der Waals surface area (Å²) < 4.78 is 5.09. The first-order valence-corrected chi connectivity index (χ1v) is 8.81. The molecule has 3 N–H and O–H groups in total. The van der Waals surface area contributed by atoms with E-state index in [0.717, 1.165) is 16.8 Å². The summed E-state index contributed by atoms with van der Waals surface area (Å²) in [6.07, 6.45) is 1.76. The number of carbonyl (C=O) groups excluding carboxylic acids is 1. The Morgan fingerprint density at radius 2 is 2.12 bits per heavy atom. The van der Waals surface area contributed by atoms with Gasteiger partial charge in [0.2, 0.25) is 0 Å². The molecule has 0 aromatic heterocycles. The molecule has 0 aliphatic carbocycles. The van der Waals surface area contributed by atoms with Crippen molar-refractivity contribution < 1.29 is 14.6 Å². The molecule has 2 aromatic carbocycles. The van der Waals surface area contributed by atoms with E-state index in [1.807, 2.05) is 25.1 Å². The first-order valence-electron chi connectivity index (χ1n) is 7.55. The van der Waals surface area contributed by atoms with Gasteiger partial charge in [0, 0.05) is 10.7 Å². The smallest absolute Gasteiger partial charge is 0.260 e. The molecule has 1 saturated heterocycles. The van der Waals surface area contributed by atoms with Gasteiger partial charge in [0.15, 0.2) is 17.0 Å². The second-order valence-electron chi connectivity index (χ2n) is 5.51. The highest BCUT2D eigenvalue weighted by molar-refractivity contribution is 8.05. The van der Waals surface area contributed by atoms with Crippen molar-refractivity contribution >= 4 is 41.0 Å². The van der Waals surface area contributed by atoms with E-state index >= 15 is 0 Å². The molecular weight excluding hydrogens is 360 g/mol. The highest BCUT2D eigenvalue weighted by atomic mass is 35.5. The van der Waals surface area contributed by atoms with E-state index in [9.17, 15) is 9.90 Å². The zero-order valence-electron chi connectivity index (χ0n) is 13.7. The van der Waals surface area contributed by atoms with E-state index in [1.165, 1.54) is 24.9 Å². The second-order valence-corrected chi connectivity index (χ2v) is 7.10. The number of phenolic OH excluding ortho intramolecular Hbond substituents is 1. The van der Waals surface area contributed by atoms with Crippen LogP contribution in [0.2, 0.25) is 5.02 Å². The average molecular weight is 377 g/mol. The lowest BCUT2D eigenvalue weighted by molar-refractivity contribution is -0.116. The number of benzene rings is 2. The monoisotopic (exact) mass is 376 g/mol. The van der Waals surface area contributed by atoms with Crippen molar-refractivity contribution in [1.82, 2.24) is 5.32 Å². The van der Waals surface area contributed by atoms with Gasteiger partial charge in [-0.25, -0.2) is 0 Å². The molecule has 0 radical (unpaired) electrons. The number of rotatable bonds is 4. The van der Waals surface area contributed by atoms with Crippen LogP contribution in [0.15, 0.2) is 41.3 Å². The Morgan fingerprint density at radius 3 is 2.88 bits per heavy atom. The van der Waals surface area contributed by atoms with Crippen LogP contribution in [-0.2, 0) is 4.79 Å². The van der Waals surface area contributed by atoms with Crippen LogP contribution in [0, 0.1) is 6.92 Å². The fourth-order valence-corrected chi connectivity index (χ4v) is 3.54. The molecule has 1 fully saturated rings. The Hall–Kier alpha value is -2.31. The molecule has 1 atom stereocenters. The Morgan fingerprint density at radius 1 is 1.32 bits per heavy atom. The Bertz CT molecular complexity index is 854. The van der Waals surface area contributed by atoms with Gasteiger partial charge in [-0.1, -0.05) is 35.5 Å². The van der Waals surface area contributed by atoms with Crippen LogP contribution in [0.4, 0.5) is 5.69 Å². The average Bonchev–Trinajstić information content (AvgIpc) is 2.92. The number of halogens is 1. The molecule has 0 bridgehead atoms. The summed E-state index contributed by atoms with van der Waals surface area (Å²) in [5, 5.41) is 16.4. The van der Waals surface area contributed by atoms with Crippen LogP contribution in [0.3, 0.4) is 0 Å². The Balaban J connectivity index is 1.77. The number of methoxy groups -OCH3 is 1. The number of ether oxygens (including phenoxy) is 1. The number of amides is 1. The van der Waals surface area contributed by atoms with Crippen LogP contribution in [-0.4, -0.2) is 23.6 Å². The van der Waals surface area contributed by atoms with E-state index in [2.05, 4.69) is 10.6 Å². The topological polar surface area (TPSA) is 70.6 Å². The number of anilines is 1. The van der Waals surface area contributed by atoms with Gasteiger partial charge in [-0.15, -0.1) is 0 Å². The molecule has 1 unspecified atom stereocenters. The number of thioether (sulfide) groups is 1. The molecule has 25 heavy (non-hydrogen) atoms. The molecule has 1 heterocycles. The third kappa shape index (κ3) is 4.03. The van der Waals surface area contributed by atoms with Gasteiger partial charge in [-0.05, 0) is 48.4 Å². The van der Waals surface area contributed by atoms with Gasteiger partial charge in [0.25, 0.3) is 5.91 Å². The summed E-state index contributed by atoms with van der Waals surface area (Å²) in [7, 11) is 1.48. The standard InChI is InChI=1S/C18H17ClN2O3S/c1-10-3-5-12(19)9-13(10)20-18-21-17(23)16(25-18)8-11-4-6-14(22)15(7-11)24-2/h3-9,18,20,22H,1-2H3,(H,21,23)/b16-8-. The first-order chi connectivity index (χ1) is 12.0. The number of hydrogen-bond donors (Lipinski definition) is 3. The maximum Gasteiger partial charge on any atom is 0.260 e. The van der Waals surface area contributed by atoms with Crippen molar-refractivity contribution in [3.8, 4) is 11.5 Å². The number of nitrogens with one attached hydrogen (secondary N) is 2. The number of hydrogen-bond acceptors (Lipinski definition) is 5. The normalized spacial score (nSPS) is 18.3. The molecule has 130 valence electrons. The minimum atomic E-state index is -0.282. The predicted octanol–water partition coefficient (Wildman–Crippen LogP) is 3.96. The van der Waals surface area contributed by atoms with E-state index in [1.54, 1.807) is 18.2 Å². The summed E-state index contributed by atoms with van der Waals surface area (Å²) in [6, 6.07) is 10.5. The molecule has 2 aromatic rings. The fraction of sp³-hybridized carbons (Fsp3) is 0.167. The van der Waals surface area contributed by atoms with Gasteiger partial charge < -0.3 is 20.5 Å². The molecule has 7 heteroatoms. The minimum Gasteiger partial charge on any atom is -0.504 e. The molecule has 1 amide bonds. The summed E-state index contributed by atoms with van der Waals surface area (Å²) in [6.45, 7) is 1.97. The molecule has 0 saturated carbocycles. The number of carbonyl (C=O) groups is 1. The summed E-state index contributed by atoms with van der Waals surface area (Å²) >= 11 is 7.41. The molecule has 5 nitrogen and oxygen atoms in total. The van der Waals surface area contributed by atoms with Gasteiger partial charge in [-0.2, -0.15) is 0 Å². The maximum absolute atomic E-state index is 12.2. The van der Waals surface area contributed by atoms with Gasteiger partial charge in [0.1, 0.15) is 0 Å². The van der Waals surface area contributed by atoms with Crippen LogP contribution >= 0.6 is 23.4 Å². The highest BCUT2D eigenvalue weighted by Crippen LogP contribution is 2.33. The van der Waals surface area contributed by atoms with Crippen LogP contribution in [0.25, 0.3) is 6.08 Å². The quantitative estimate of drug-likeness (QED) is 0.704. The lowest BCUT2D eigenvalue weighted by atomic mass is 10.2. The van der Waals surface area contributed by atoms with Crippen molar-refractivity contribution in [2.45, 2.75) is 12.4 Å². The van der Waals surface area contributed by atoms with Crippen molar-refractivity contribution in [1.29, 1.82) is 0 Å². The van der Waals surface area contributed by atoms with Crippen molar-refractivity contribution in [3.05, 3.63) is 57.5 Å². The number of aryl methyl sites for hydroxylation is 1. The fourth-order valence-electron chi connectivity index (χ4n) is 2.39. The highest BCUT2D eigenvalue weighted by Gasteiger charge is 2.27. The van der Waals surface area contributed by atoms with Crippen molar-refractivity contribution in [2.75, 3.05) is 12.4 Å². The van der Waals surface area contributed by atoms with E-state index in [0.29, 0.717) is 15.7 Å². The zero-order chi connectivity index (χ0) is 18.0. The Labute approximate surface area is 155 Å². The SMILES string of the molecule is COc1cc(/C=C2\SC(Nc3cc(Cl)ccc3C)NC2=O)ccc1O. The largest absolute Gasteiger partial charge is 0.504 e. The molecular formula is C18H17ClN2O3S. The van der Waals surface area contributed by atoms with Gasteiger partial charge in [0.05, 0.1) is 12.0 Å². The summed E-state index contributed by atoms with van der Waals surface area (Å²) in [5.41, 5.74) is 2.40. The maximum atomic E-state index is 12.2. The summed E-state index contributed by atoms with van der Waals surface area (Å²) in [4.78, 5) is 12.8. The summed E-state index contributed by atoms with van der Waals surface area (Å²) in [5.74, 6) is 0.264. The minimum absolute atomic E-state index is 0.0594. The van der Waals surface area contributed by atoms with Crippen molar-refractivity contribution in [3.63, 3.8) is 0 Å². The van der Waals surface area contributed by atoms with Gasteiger partial charge in [-0.3, -0.25) is 4.79 Å². The number of aromatic hydroxyl groups is 1. The lowest BCUT2D eigenvalue weighted by Crippen LogP contribution is -2.31. The van der Waals surface area contributed by atoms with Crippen LogP contribution in [0.1, 0.15) is 11.1 Å². The zero-order valence-corrected chi connectivity index (χ0v) is 15.2. The van der Waals surface area contributed by atoms with Crippen molar-refractivity contribution in [2.24, 2.45) is 0 Å². The predicted molar refractivity (Wildman–Crippen MR) is 102 cm³/mol. The first kappa shape index (κ1) is 17.5. The van der Waals surface area contributed by atoms with E-state index < -0.39 is 0 Å². The third-order valence-corrected chi connectivity index (χ3v) is 4.98. The Kier molecular flexibility index (Phi) is 5.11. The van der Waals surface area contributed by atoms with Crippen LogP contribution < -0.4 is 15.4 Å². The third-order valence-electron chi connectivity index (χ3n) is 3.72. The molecule has 0 spiro atoms. The second kappa shape index (κ2) is 7.29.